The Morgan fingerprint density at radius 1 is 1.42 bits per heavy atom. The summed E-state index contributed by atoms with van der Waals surface area (Å²) in [4.78, 5) is 49.8. The highest BCUT2D eigenvalue weighted by Gasteiger charge is 2.35. The van der Waals surface area contributed by atoms with Gasteiger partial charge in [0.2, 0.25) is 5.91 Å². The van der Waals surface area contributed by atoms with Crippen LogP contribution in [0.3, 0.4) is 0 Å². The number of non-ortho nitro benzene ring substituents is 1. The van der Waals surface area contributed by atoms with Crippen LogP contribution in [0.2, 0.25) is 0 Å². The van der Waals surface area contributed by atoms with E-state index in [2.05, 4.69) is 0 Å². The lowest BCUT2D eigenvalue weighted by atomic mass is 10.1. The van der Waals surface area contributed by atoms with Crippen molar-refractivity contribution in [3.05, 3.63) is 39.9 Å². The van der Waals surface area contributed by atoms with E-state index >= 15 is 0 Å². The summed E-state index contributed by atoms with van der Waals surface area (Å²) < 4.78 is 0. The lowest BCUT2D eigenvalue weighted by molar-refractivity contribution is -0.384. The molecule has 0 aliphatic carbocycles. The number of likely N-dealkylation sites (N-methyl/N-ethyl adjacent to an activating group) is 2. The zero-order valence-corrected chi connectivity index (χ0v) is 13.6. The van der Waals surface area contributed by atoms with Crippen molar-refractivity contribution in [3.8, 4) is 0 Å². The van der Waals surface area contributed by atoms with E-state index in [9.17, 15) is 24.5 Å². The second-order valence-corrected chi connectivity index (χ2v) is 5.65. The molecule has 1 heterocycles. The number of hydrogen-bond acceptors (Lipinski definition) is 5. The van der Waals surface area contributed by atoms with Gasteiger partial charge < -0.3 is 9.80 Å². The summed E-state index contributed by atoms with van der Waals surface area (Å²) in [6, 6.07) is 5.04. The first-order valence-corrected chi connectivity index (χ1v) is 7.28. The van der Waals surface area contributed by atoms with Crippen LogP contribution in [0.1, 0.15) is 18.5 Å². The normalized spacial score (nSPS) is 15.6. The van der Waals surface area contributed by atoms with Gasteiger partial charge in [0.1, 0.15) is 13.1 Å². The third-order valence-electron chi connectivity index (χ3n) is 4.06. The number of amides is 4. The average molecular weight is 334 g/mol. The molecule has 4 amide bonds. The molecule has 0 saturated carbocycles. The molecule has 1 aliphatic heterocycles. The molecule has 0 aromatic heterocycles. The van der Waals surface area contributed by atoms with Gasteiger partial charge in [-0.2, -0.15) is 0 Å². The first-order valence-electron chi connectivity index (χ1n) is 7.28. The Morgan fingerprint density at radius 3 is 2.62 bits per heavy atom. The number of hydrogen-bond donors (Lipinski definition) is 0. The predicted octanol–water partition coefficient (Wildman–Crippen LogP) is 1.01. The fourth-order valence-corrected chi connectivity index (χ4v) is 2.41. The van der Waals surface area contributed by atoms with E-state index in [1.807, 2.05) is 0 Å². The number of urea groups is 1. The van der Waals surface area contributed by atoms with Crippen molar-refractivity contribution in [3.63, 3.8) is 0 Å². The van der Waals surface area contributed by atoms with Crippen molar-refractivity contribution in [1.82, 2.24) is 14.7 Å². The minimum Gasteiger partial charge on any atom is -0.337 e. The number of rotatable bonds is 5. The van der Waals surface area contributed by atoms with Crippen LogP contribution in [0.5, 0.6) is 0 Å². The van der Waals surface area contributed by atoms with Crippen molar-refractivity contribution in [2.75, 3.05) is 27.2 Å². The molecule has 0 unspecified atom stereocenters. The maximum absolute atomic E-state index is 12.4. The summed E-state index contributed by atoms with van der Waals surface area (Å²) in [6.07, 6.45) is 0. The summed E-state index contributed by atoms with van der Waals surface area (Å²) in [7, 11) is 3.01. The van der Waals surface area contributed by atoms with E-state index in [0.717, 1.165) is 4.90 Å². The lowest BCUT2D eigenvalue weighted by Gasteiger charge is -2.26. The molecule has 0 radical (unpaired) electrons. The van der Waals surface area contributed by atoms with Crippen molar-refractivity contribution in [2.24, 2.45) is 0 Å². The minimum absolute atomic E-state index is 0.0454. The average Bonchev–Trinajstić information content (AvgIpc) is 2.79. The van der Waals surface area contributed by atoms with Gasteiger partial charge in [-0.25, -0.2) is 4.79 Å². The number of imide groups is 1. The van der Waals surface area contributed by atoms with Crippen LogP contribution >= 0.6 is 0 Å². The molecular weight excluding hydrogens is 316 g/mol. The zero-order chi connectivity index (χ0) is 18.0. The lowest BCUT2D eigenvalue weighted by Crippen LogP contribution is -2.42. The summed E-state index contributed by atoms with van der Waals surface area (Å²) in [5.74, 6) is -0.849. The molecule has 9 heteroatoms. The first-order chi connectivity index (χ1) is 11.2. The highest BCUT2D eigenvalue weighted by molar-refractivity contribution is 6.04. The smallest absolute Gasteiger partial charge is 0.327 e. The topological polar surface area (TPSA) is 104 Å². The van der Waals surface area contributed by atoms with Gasteiger partial charge in [0.25, 0.3) is 11.6 Å². The fourth-order valence-electron chi connectivity index (χ4n) is 2.41. The van der Waals surface area contributed by atoms with Crippen molar-refractivity contribution < 1.29 is 19.3 Å². The van der Waals surface area contributed by atoms with Crippen molar-refractivity contribution in [2.45, 2.75) is 13.0 Å². The summed E-state index contributed by atoms with van der Waals surface area (Å²) >= 11 is 0. The largest absolute Gasteiger partial charge is 0.337 e. The number of nitro groups is 1. The monoisotopic (exact) mass is 334 g/mol. The SMILES string of the molecule is C[C@H](c1cccc([N+](=O)[O-])c1)N(C)C(=O)CN1C(=O)CN(C)C1=O. The molecule has 1 saturated heterocycles. The Balaban J connectivity index is 2.10. The summed E-state index contributed by atoms with van der Waals surface area (Å²) in [6.45, 7) is 1.32. The highest BCUT2D eigenvalue weighted by Crippen LogP contribution is 2.23. The Morgan fingerprint density at radius 2 is 2.08 bits per heavy atom. The van der Waals surface area contributed by atoms with Gasteiger partial charge in [0, 0.05) is 26.2 Å². The molecule has 1 aromatic carbocycles. The zero-order valence-electron chi connectivity index (χ0n) is 13.6. The maximum atomic E-state index is 12.4. The minimum atomic E-state index is -0.509. The number of benzene rings is 1. The predicted molar refractivity (Wildman–Crippen MR) is 84.0 cm³/mol. The van der Waals surface area contributed by atoms with Gasteiger partial charge in [-0.1, -0.05) is 12.1 Å². The van der Waals surface area contributed by atoms with Crippen LogP contribution in [0.15, 0.2) is 24.3 Å². The molecular formula is C15H18N4O5. The van der Waals surface area contributed by atoms with E-state index < -0.39 is 28.8 Å². The number of carbonyl (C=O) groups is 3. The molecule has 0 N–H and O–H groups in total. The third kappa shape index (κ3) is 3.34. The van der Waals surface area contributed by atoms with E-state index in [-0.39, 0.29) is 18.8 Å². The van der Waals surface area contributed by atoms with E-state index in [4.69, 9.17) is 0 Å². The molecule has 1 atom stereocenters. The van der Waals surface area contributed by atoms with Crippen LogP contribution in [0.25, 0.3) is 0 Å². The third-order valence-corrected chi connectivity index (χ3v) is 4.06. The second kappa shape index (κ2) is 6.65. The van der Waals surface area contributed by atoms with Crippen molar-refractivity contribution in [1.29, 1.82) is 0 Å². The van der Waals surface area contributed by atoms with Crippen LogP contribution in [-0.4, -0.2) is 64.7 Å². The molecule has 2 rings (SSSR count). The Bertz CT molecular complexity index is 705. The van der Waals surface area contributed by atoms with Gasteiger partial charge in [-0.15, -0.1) is 0 Å². The molecule has 1 fully saturated rings. The Kier molecular flexibility index (Phi) is 4.82. The first kappa shape index (κ1) is 17.4. The van der Waals surface area contributed by atoms with E-state index in [1.54, 1.807) is 19.1 Å². The highest BCUT2D eigenvalue weighted by atomic mass is 16.6. The number of carbonyl (C=O) groups excluding carboxylic acids is 3. The molecule has 24 heavy (non-hydrogen) atoms. The van der Waals surface area contributed by atoms with Gasteiger partial charge in [0.05, 0.1) is 11.0 Å². The van der Waals surface area contributed by atoms with Crippen LogP contribution in [0.4, 0.5) is 10.5 Å². The Hall–Kier alpha value is -2.97. The van der Waals surface area contributed by atoms with Gasteiger partial charge in [-0.3, -0.25) is 24.6 Å². The summed E-state index contributed by atoms with van der Waals surface area (Å²) in [5.41, 5.74) is 0.531. The van der Waals surface area contributed by atoms with Gasteiger partial charge in [-0.05, 0) is 12.5 Å². The van der Waals surface area contributed by atoms with Crippen LogP contribution in [-0.2, 0) is 9.59 Å². The standard InChI is InChI=1S/C15H18N4O5/c1-10(11-5-4-6-12(7-11)19(23)24)17(3)13(20)9-18-14(21)8-16(2)15(18)22/h4-7,10H,8-9H2,1-3H3/t10-/m1/s1. The fraction of sp³-hybridized carbons (Fsp3) is 0.400. The molecule has 1 aromatic rings. The number of nitrogens with zero attached hydrogens (tertiary/aromatic N) is 4. The van der Waals surface area contributed by atoms with E-state index in [1.165, 1.54) is 36.0 Å². The molecule has 128 valence electrons. The van der Waals surface area contributed by atoms with Crippen LogP contribution in [0, 0.1) is 10.1 Å². The molecule has 0 bridgehead atoms. The molecule has 9 nitrogen and oxygen atoms in total. The quantitative estimate of drug-likeness (QED) is 0.454. The second-order valence-electron chi connectivity index (χ2n) is 5.65. The molecule has 0 spiro atoms. The maximum Gasteiger partial charge on any atom is 0.327 e. The van der Waals surface area contributed by atoms with Gasteiger partial charge >= 0.3 is 6.03 Å². The Labute approximate surface area is 138 Å². The summed E-state index contributed by atoms with van der Waals surface area (Å²) in [5, 5.41) is 10.9. The molecule has 1 aliphatic rings. The van der Waals surface area contributed by atoms with Crippen LogP contribution < -0.4 is 0 Å². The van der Waals surface area contributed by atoms with E-state index in [0.29, 0.717) is 5.56 Å². The van der Waals surface area contributed by atoms with Gasteiger partial charge in [0.15, 0.2) is 0 Å². The van der Waals surface area contributed by atoms with Crippen molar-refractivity contribution >= 4 is 23.5 Å². The number of nitro benzene ring substituents is 1.